The van der Waals surface area contributed by atoms with E-state index in [4.69, 9.17) is 9.47 Å². The van der Waals surface area contributed by atoms with Gasteiger partial charge in [-0.05, 0) is 89.4 Å². The third-order valence-electron chi connectivity index (χ3n) is 7.99. The number of allylic oxidation sites excluding steroid dienone is 3. The number of ether oxygens (including phenoxy) is 2. The summed E-state index contributed by atoms with van der Waals surface area (Å²) in [5, 5.41) is 24.6. The molecule has 0 bridgehead atoms. The van der Waals surface area contributed by atoms with E-state index in [-0.39, 0.29) is 47.6 Å². The number of carboxylic acid groups (broad SMARTS) is 2. The van der Waals surface area contributed by atoms with Gasteiger partial charge in [0, 0.05) is 0 Å². The molecule has 10 nitrogen and oxygen atoms in total. The van der Waals surface area contributed by atoms with E-state index < -0.39 is 23.8 Å². The quantitative estimate of drug-likeness (QED) is 0.0847. The summed E-state index contributed by atoms with van der Waals surface area (Å²) >= 11 is 0. The minimum Gasteiger partial charge on any atom is -0.483 e. The first-order chi connectivity index (χ1) is 22.9. The van der Waals surface area contributed by atoms with E-state index >= 15 is 0 Å². The molecule has 2 unspecified atom stereocenters. The van der Waals surface area contributed by atoms with Crippen LogP contribution in [0.25, 0.3) is 11.1 Å². The Kier molecular flexibility index (Phi) is 13.3. The van der Waals surface area contributed by atoms with Gasteiger partial charge in [0.1, 0.15) is 11.5 Å². The molecular formula is C38H42N2O8. The van der Waals surface area contributed by atoms with E-state index in [1.807, 2.05) is 33.8 Å². The van der Waals surface area contributed by atoms with E-state index in [2.05, 4.69) is 23.8 Å². The fraction of sp³-hybridized carbons (Fsp3) is 0.263. The Bertz CT molecular complexity index is 1730. The number of carbonyl (C=O) groups excluding carboxylic acids is 2. The highest BCUT2D eigenvalue weighted by Gasteiger charge is 2.19. The molecule has 3 aromatic rings. The molecule has 252 valence electrons. The van der Waals surface area contributed by atoms with E-state index in [1.165, 1.54) is 30.3 Å². The van der Waals surface area contributed by atoms with E-state index in [0.717, 1.165) is 24.0 Å². The fourth-order valence-electron chi connectivity index (χ4n) is 4.94. The third kappa shape index (κ3) is 9.45. The van der Waals surface area contributed by atoms with Crippen molar-refractivity contribution in [3.05, 3.63) is 114 Å². The summed E-state index contributed by atoms with van der Waals surface area (Å²) in [6, 6.07) is 16.2. The van der Waals surface area contributed by atoms with Gasteiger partial charge in [-0.1, -0.05) is 71.2 Å². The van der Waals surface area contributed by atoms with E-state index in [9.17, 15) is 29.4 Å². The molecule has 2 atom stereocenters. The third-order valence-corrected chi connectivity index (χ3v) is 7.99. The second kappa shape index (κ2) is 17.3. The van der Waals surface area contributed by atoms with Gasteiger partial charge in [0.25, 0.3) is 11.8 Å². The number of rotatable bonds is 17. The number of benzene rings is 3. The summed E-state index contributed by atoms with van der Waals surface area (Å²) in [5.74, 6) is -2.34. The molecule has 0 saturated heterocycles. The highest BCUT2D eigenvalue weighted by molar-refractivity contribution is 6.02. The van der Waals surface area contributed by atoms with Crippen LogP contribution in [0.1, 0.15) is 72.7 Å². The van der Waals surface area contributed by atoms with Gasteiger partial charge in [-0.3, -0.25) is 9.59 Å². The largest absolute Gasteiger partial charge is 0.483 e. The van der Waals surface area contributed by atoms with Crippen molar-refractivity contribution in [1.82, 2.24) is 0 Å². The lowest BCUT2D eigenvalue weighted by Crippen LogP contribution is -2.22. The maximum atomic E-state index is 12.8. The number of amides is 2. The minimum atomic E-state index is -1.22. The second-order valence-corrected chi connectivity index (χ2v) is 11.2. The normalized spacial score (nSPS) is 12.5. The molecule has 0 saturated carbocycles. The van der Waals surface area contributed by atoms with Crippen molar-refractivity contribution in [2.45, 2.75) is 46.5 Å². The first kappa shape index (κ1) is 36.8. The number of aromatic carboxylic acids is 2. The zero-order chi connectivity index (χ0) is 35.4. The molecule has 0 fully saturated rings. The SMILES string of the molecule is C=C/C(OCC(=O)Nc1ccc(-c2ccc(OCC(=O)Nc3ccccc3C(=O)O)c(C(C)CC)c2)cc1C(=O)O)=C(\C=C)C(C)CC. The summed E-state index contributed by atoms with van der Waals surface area (Å²) < 4.78 is 11.6. The van der Waals surface area contributed by atoms with Crippen LogP contribution in [0.3, 0.4) is 0 Å². The van der Waals surface area contributed by atoms with Crippen molar-refractivity contribution in [3.63, 3.8) is 0 Å². The molecule has 4 N–H and O–H groups in total. The molecule has 2 amide bonds. The fourth-order valence-corrected chi connectivity index (χ4v) is 4.94. The van der Waals surface area contributed by atoms with E-state index in [1.54, 1.807) is 36.4 Å². The molecule has 0 aliphatic carbocycles. The highest BCUT2D eigenvalue weighted by Crippen LogP contribution is 2.35. The Labute approximate surface area is 280 Å². The lowest BCUT2D eigenvalue weighted by Gasteiger charge is -2.18. The van der Waals surface area contributed by atoms with Gasteiger partial charge >= 0.3 is 11.9 Å². The van der Waals surface area contributed by atoms with Gasteiger partial charge in [0.05, 0.1) is 22.5 Å². The Balaban J connectivity index is 1.80. The zero-order valence-corrected chi connectivity index (χ0v) is 27.7. The van der Waals surface area contributed by atoms with Crippen LogP contribution in [0.15, 0.2) is 97.3 Å². The molecule has 0 radical (unpaired) electrons. The standard InChI is InChI=1S/C38H42N2O8/c1-7-23(5)27(9-3)33(10-4)47-21-35(41)40-32-17-15-25(20-30(32)38(45)46)26-16-18-34(29(19-26)24(6)8-2)48-22-36(42)39-31-14-12-11-13-28(31)37(43)44/h9-20,23-24H,3-4,7-8,21-22H2,1-2,5-6H3,(H,39,42)(H,40,41)(H,43,44)(H,45,46)/b33-27-. The summed E-state index contributed by atoms with van der Waals surface area (Å²) in [7, 11) is 0. The first-order valence-corrected chi connectivity index (χ1v) is 15.6. The van der Waals surface area contributed by atoms with Gasteiger partial charge in [-0.2, -0.15) is 0 Å². The lowest BCUT2D eigenvalue weighted by molar-refractivity contribution is -0.119. The molecule has 3 aromatic carbocycles. The second-order valence-electron chi connectivity index (χ2n) is 11.2. The summed E-state index contributed by atoms with van der Waals surface area (Å²) in [6.45, 7) is 15.0. The van der Waals surface area contributed by atoms with Gasteiger partial charge < -0.3 is 30.3 Å². The molecule has 3 rings (SSSR count). The molecule has 0 spiro atoms. The van der Waals surface area contributed by atoms with Crippen molar-refractivity contribution in [3.8, 4) is 16.9 Å². The van der Waals surface area contributed by atoms with Crippen LogP contribution in [0.5, 0.6) is 5.75 Å². The average Bonchev–Trinajstić information content (AvgIpc) is 3.08. The van der Waals surface area contributed by atoms with Crippen molar-refractivity contribution in [1.29, 1.82) is 0 Å². The average molecular weight is 655 g/mol. The Morgan fingerprint density at radius 1 is 0.771 bits per heavy atom. The lowest BCUT2D eigenvalue weighted by atomic mass is 9.93. The molecule has 0 aliphatic rings. The predicted molar refractivity (Wildman–Crippen MR) is 187 cm³/mol. The maximum absolute atomic E-state index is 12.8. The van der Waals surface area contributed by atoms with Crippen LogP contribution in [0.2, 0.25) is 0 Å². The Morgan fingerprint density at radius 3 is 1.98 bits per heavy atom. The smallest absolute Gasteiger partial charge is 0.337 e. The summed E-state index contributed by atoms with van der Waals surface area (Å²) in [4.78, 5) is 49.2. The minimum absolute atomic E-state index is 0.0321. The number of hydrogen-bond donors (Lipinski definition) is 4. The van der Waals surface area contributed by atoms with E-state index in [0.29, 0.717) is 22.6 Å². The molecule has 0 aliphatic heterocycles. The Hall–Kier alpha value is -5.64. The van der Waals surface area contributed by atoms with Crippen molar-refractivity contribution in [2.75, 3.05) is 23.8 Å². The van der Waals surface area contributed by atoms with Crippen molar-refractivity contribution < 1.29 is 38.9 Å². The first-order valence-electron chi connectivity index (χ1n) is 15.6. The van der Waals surface area contributed by atoms with Crippen molar-refractivity contribution in [2.24, 2.45) is 5.92 Å². The monoisotopic (exact) mass is 654 g/mol. The number of carboxylic acids is 2. The van der Waals surface area contributed by atoms with Crippen LogP contribution < -0.4 is 15.4 Å². The van der Waals surface area contributed by atoms with Crippen LogP contribution in [0.4, 0.5) is 11.4 Å². The van der Waals surface area contributed by atoms with Gasteiger partial charge in [-0.15, -0.1) is 0 Å². The number of para-hydroxylation sites is 1. The van der Waals surface area contributed by atoms with Crippen LogP contribution in [0, 0.1) is 5.92 Å². The number of hydrogen-bond acceptors (Lipinski definition) is 6. The molecule has 0 aromatic heterocycles. The summed E-state index contributed by atoms with van der Waals surface area (Å²) in [5.41, 5.74) is 3.10. The van der Waals surface area contributed by atoms with Gasteiger partial charge in [0.15, 0.2) is 13.2 Å². The number of carbonyl (C=O) groups is 4. The number of anilines is 2. The van der Waals surface area contributed by atoms with Gasteiger partial charge in [0.2, 0.25) is 0 Å². The highest BCUT2D eigenvalue weighted by atomic mass is 16.5. The maximum Gasteiger partial charge on any atom is 0.337 e. The Morgan fingerprint density at radius 2 is 1.38 bits per heavy atom. The van der Waals surface area contributed by atoms with Crippen LogP contribution in [-0.4, -0.2) is 47.2 Å². The topological polar surface area (TPSA) is 151 Å². The van der Waals surface area contributed by atoms with Gasteiger partial charge in [-0.25, -0.2) is 9.59 Å². The van der Waals surface area contributed by atoms with Crippen molar-refractivity contribution >= 4 is 35.1 Å². The molecular weight excluding hydrogens is 612 g/mol. The van der Waals surface area contributed by atoms with Crippen LogP contribution >= 0.6 is 0 Å². The zero-order valence-electron chi connectivity index (χ0n) is 27.7. The number of nitrogens with one attached hydrogen (secondary N) is 2. The van der Waals surface area contributed by atoms with Crippen LogP contribution in [-0.2, 0) is 14.3 Å². The molecule has 48 heavy (non-hydrogen) atoms. The summed E-state index contributed by atoms with van der Waals surface area (Å²) in [6.07, 6.45) is 4.81. The molecule has 0 heterocycles. The predicted octanol–water partition coefficient (Wildman–Crippen LogP) is 7.91. The molecule has 10 heteroatoms.